The van der Waals surface area contributed by atoms with Gasteiger partial charge in [-0.3, -0.25) is 4.79 Å². The SMILES string of the molecule is CNC(=O)CSc1cc(C)c2ccccc2n1. The number of aromatic nitrogens is 1. The summed E-state index contributed by atoms with van der Waals surface area (Å²) in [5.74, 6) is 0.420. The Hall–Kier alpha value is -1.55. The van der Waals surface area contributed by atoms with Gasteiger partial charge in [-0.05, 0) is 24.6 Å². The molecule has 0 aliphatic heterocycles. The van der Waals surface area contributed by atoms with E-state index in [1.54, 1.807) is 7.05 Å². The van der Waals surface area contributed by atoms with Crippen molar-refractivity contribution in [1.82, 2.24) is 10.3 Å². The standard InChI is InChI=1S/C13H14N2OS/c1-9-7-13(17-8-12(16)14-2)15-11-6-4-3-5-10(9)11/h3-7H,8H2,1-2H3,(H,14,16). The first-order chi connectivity index (χ1) is 8.20. The molecule has 0 fully saturated rings. The number of nitrogens with zero attached hydrogens (tertiary/aromatic N) is 1. The van der Waals surface area contributed by atoms with E-state index < -0.39 is 0 Å². The predicted octanol–water partition coefficient (Wildman–Crippen LogP) is 2.38. The van der Waals surface area contributed by atoms with Crippen LogP contribution in [0.15, 0.2) is 35.4 Å². The van der Waals surface area contributed by atoms with Crippen LogP contribution >= 0.6 is 11.8 Å². The maximum Gasteiger partial charge on any atom is 0.230 e. The van der Waals surface area contributed by atoms with E-state index in [2.05, 4.69) is 23.3 Å². The van der Waals surface area contributed by atoms with Crippen molar-refractivity contribution in [2.45, 2.75) is 11.9 Å². The normalized spacial score (nSPS) is 10.5. The summed E-state index contributed by atoms with van der Waals surface area (Å²) in [6, 6.07) is 10.1. The zero-order valence-electron chi connectivity index (χ0n) is 9.86. The van der Waals surface area contributed by atoms with Gasteiger partial charge in [0.2, 0.25) is 5.91 Å². The van der Waals surface area contributed by atoms with E-state index in [4.69, 9.17) is 0 Å². The van der Waals surface area contributed by atoms with Crippen molar-refractivity contribution in [2.75, 3.05) is 12.8 Å². The zero-order chi connectivity index (χ0) is 12.3. The van der Waals surface area contributed by atoms with Gasteiger partial charge in [0.15, 0.2) is 0 Å². The van der Waals surface area contributed by atoms with Crippen LogP contribution in [-0.4, -0.2) is 23.7 Å². The third-order valence-corrected chi connectivity index (χ3v) is 3.44. The maximum absolute atomic E-state index is 11.2. The molecule has 0 saturated heterocycles. The molecule has 0 atom stereocenters. The Labute approximate surface area is 105 Å². The van der Waals surface area contributed by atoms with Crippen LogP contribution < -0.4 is 5.32 Å². The van der Waals surface area contributed by atoms with E-state index in [9.17, 15) is 4.79 Å². The monoisotopic (exact) mass is 246 g/mol. The van der Waals surface area contributed by atoms with Gasteiger partial charge in [0.1, 0.15) is 0 Å². The lowest BCUT2D eigenvalue weighted by Gasteiger charge is -2.05. The van der Waals surface area contributed by atoms with Crippen LogP contribution in [0.5, 0.6) is 0 Å². The van der Waals surface area contributed by atoms with Gasteiger partial charge in [0.05, 0.1) is 16.3 Å². The van der Waals surface area contributed by atoms with Crippen molar-refractivity contribution < 1.29 is 4.79 Å². The highest BCUT2D eigenvalue weighted by Gasteiger charge is 2.05. The Balaban J connectivity index is 2.27. The summed E-state index contributed by atoms with van der Waals surface area (Å²) in [4.78, 5) is 15.7. The maximum atomic E-state index is 11.2. The van der Waals surface area contributed by atoms with Crippen molar-refractivity contribution in [2.24, 2.45) is 0 Å². The van der Waals surface area contributed by atoms with Crippen molar-refractivity contribution in [3.05, 3.63) is 35.9 Å². The second-order valence-electron chi connectivity index (χ2n) is 3.76. The quantitative estimate of drug-likeness (QED) is 0.845. The van der Waals surface area contributed by atoms with E-state index in [-0.39, 0.29) is 5.91 Å². The molecular weight excluding hydrogens is 232 g/mol. The molecule has 0 unspecified atom stereocenters. The number of hydrogen-bond acceptors (Lipinski definition) is 3. The Morgan fingerprint density at radius 2 is 2.18 bits per heavy atom. The van der Waals surface area contributed by atoms with E-state index >= 15 is 0 Å². The molecule has 1 aromatic carbocycles. The van der Waals surface area contributed by atoms with Crippen LogP contribution in [0.25, 0.3) is 10.9 Å². The number of amides is 1. The van der Waals surface area contributed by atoms with Gasteiger partial charge >= 0.3 is 0 Å². The molecule has 0 bridgehead atoms. The summed E-state index contributed by atoms with van der Waals surface area (Å²) >= 11 is 1.46. The number of carbonyl (C=O) groups is 1. The number of nitrogens with one attached hydrogen (secondary N) is 1. The van der Waals surface area contributed by atoms with Gasteiger partial charge in [-0.1, -0.05) is 30.0 Å². The highest BCUT2D eigenvalue weighted by atomic mass is 32.2. The number of aryl methyl sites for hydroxylation is 1. The van der Waals surface area contributed by atoms with Crippen molar-refractivity contribution in [1.29, 1.82) is 0 Å². The molecule has 4 heteroatoms. The van der Waals surface area contributed by atoms with Gasteiger partial charge in [0, 0.05) is 12.4 Å². The minimum atomic E-state index is 0.0163. The van der Waals surface area contributed by atoms with Crippen LogP contribution in [-0.2, 0) is 4.79 Å². The third kappa shape index (κ3) is 2.77. The van der Waals surface area contributed by atoms with Crippen molar-refractivity contribution in [3.8, 4) is 0 Å². The first-order valence-corrected chi connectivity index (χ1v) is 6.39. The number of fused-ring (bicyclic) bond motifs is 1. The molecule has 0 radical (unpaired) electrons. The Bertz CT molecular complexity index is 554. The van der Waals surface area contributed by atoms with Gasteiger partial charge < -0.3 is 5.32 Å². The summed E-state index contributed by atoms with van der Waals surface area (Å²) in [5.41, 5.74) is 2.17. The van der Waals surface area contributed by atoms with Crippen LogP contribution in [0.2, 0.25) is 0 Å². The molecule has 2 rings (SSSR count). The Morgan fingerprint density at radius 1 is 1.41 bits per heavy atom. The summed E-state index contributed by atoms with van der Waals surface area (Å²) in [7, 11) is 1.64. The van der Waals surface area contributed by atoms with Crippen LogP contribution in [0.4, 0.5) is 0 Å². The number of rotatable bonds is 3. The van der Waals surface area contributed by atoms with Gasteiger partial charge in [0.25, 0.3) is 0 Å². The summed E-state index contributed by atoms with van der Waals surface area (Å²) < 4.78 is 0. The molecule has 17 heavy (non-hydrogen) atoms. The zero-order valence-corrected chi connectivity index (χ0v) is 10.7. The van der Waals surface area contributed by atoms with Crippen LogP contribution in [0, 0.1) is 6.92 Å². The minimum absolute atomic E-state index is 0.0163. The van der Waals surface area contributed by atoms with E-state index in [1.165, 1.54) is 17.3 Å². The van der Waals surface area contributed by atoms with Crippen LogP contribution in [0.3, 0.4) is 0 Å². The molecule has 0 saturated carbocycles. The molecule has 1 heterocycles. The number of thioether (sulfide) groups is 1. The number of benzene rings is 1. The number of para-hydroxylation sites is 1. The molecule has 3 nitrogen and oxygen atoms in total. The van der Waals surface area contributed by atoms with Gasteiger partial charge in [-0.25, -0.2) is 4.98 Å². The largest absolute Gasteiger partial charge is 0.358 e. The predicted molar refractivity (Wildman–Crippen MR) is 71.3 cm³/mol. The lowest BCUT2D eigenvalue weighted by molar-refractivity contribution is -0.118. The fourth-order valence-corrected chi connectivity index (χ4v) is 2.45. The lowest BCUT2D eigenvalue weighted by Crippen LogP contribution is -2.19. The molecule has 2 aromatic rings. The third-order valence-electron chi connectivity index (χ3n) is 2.53. The smallest absolute Gasteiger partial charge is 0.230 e. The summed E-state index contributed by atoms with van der Waals surface area (Å²) in [6.07, 6.45) is 0. The van der Waals surface area contributed by atoms with Gasteiger partial charge in [-0.15, -0.1) is 0 Å². The van der Waals surface area contributed by atoms with Crippen LogP contribution in [0.1, 0.15) is 5.56 Å². The summed E-state index contributed by atoms with van der Waals surface area (Å²) in [5, 5.41) is 4.66. The molecule has 0 spiro atoms. The minimum Gasteiger partial charge on any atom is -0.358 e. The van der Waals surface area contributed by atoms with E-state index in [0.717, 1.165) is 15.9 Å². The lowest BCUT2D eigenvalue weighted by atomic mass is 10.1. The van der Waals surface area contributed by atoms with E-state index in [0.29, 0.717) is 5.75 Å². The Morgan fingerprint density at radius 3 is 2.94 bits per heavy atom. The highest BCUT2D eigenvalue weighted by Crippen LogP contribution is 2.23. The topological polar surface area (TPSA) is 42.0 Å². The van der Waals surface area contributed by atoms with Crippen molar-refractivity contribution in [3.63, 3.8) is 0 Å². The second kappa shape index (κ2) is 5.19. The molecule has 0 aliphatic carbocycles. The molecule has 1 amide bonds. The fourth-order valence-electron chi connectivity index (χ4n) is 1.60. The number of hydrogen-bond donors (Lipinski definition) is 1. The first-order valence-electron chi connectivity index (χ1n) is 5.40. The molecule has 1 aromatic heterocycles. The first kappa shape index (κ1) is 11.9. The molecule has 0 aliphatic rings. The Kier molecular flexibility index (Phi) is 3.64. The average Bonchev–Trinajstić information content (AvgIpc) is 2.36. The van der Waals surface area contributed by atoms with E-state index in [1.807, 2.05) is 24.3 Å². The van der Waals surface area contributed by atoms with Gasteiger partial charge in [-0.2, -0.15) is 0 Å². The summed E-state index contributed by atoms with van der Waals surface area (Å²) in [6.45, 7) is 2.06. The molecular formula is C13H14N2OS. The highest BCUT2D eigenvalue weighted by molar-refractivity contribution is 7.99. The number of pyridine rings is 1. The molecule has 88 valence electrons. The average molecular weight is 246 g/mol. The molecule has 1 N–H and O–H groups in total. The second-order valence-corrected chi connectivity index (χ2v) is 4.75. The fraction of sp³-hybridized carbons (Fsp3) is 0.231. The van der Waals surface area contributed by atoms with Crippen molar-refractivity contribution >= 4 is 28.6 Å². The number of carbonyl (C=O) groups excluding carboxylic acids is 1.